The first-order valence-corrected chi connectivity index (χ1v) is 7.89. The molecular formula is C11H23N3O2S. The third kappa shape index (κ3) is 3.40. The van der Waals surface area contributed by atoms with E-state index in [2.05, 4.69) is 10.0 Å². The molecule has 0 amide bonds. The van der Waals surface area contributed by atoms with Crippen LogP contribution >= 0.6 is 0 Å². The predicted molar refractivity (Wildman–Crippen MR) is 67.9 cm³/mol. The smallest absolute Gasteiger partial charge is 0.279 e. The molecule has 17 heavy (non-hydrogen) atoms. The summed E-state index contributed by atoms with van der Waals surface area (Å²) in [5, 5.41) is 3.26. The van der Waals surface area contributed by atoms with Crippen LogP contribution in [0.5, 0.6) is 0 Å². The van der Waals surface area contributed by atoms with Gasteiger partial charge in [0.15, 0.2) is 0 Å². The molecule has 2 saturated carbocycles. The Kier molecular flexibility index (Phi) is 4.07. The molecule has 5 nitrogen and oxygen atoms in total. The average molecular weight is 261 g/mol. The SMILES string of the molecule is CNC1CCC(N(C)S(=O)(=O)NC2CC2)CC1. The molecule has 0 aromatic rings. The fourth-order valence-corrected chi connectivity index (χ4v) is 3.85. The van der Waals surface area contributed by atoms with Gasteiger partial charge in [-0.05, 0) is 45.6 Å². The molecule has 0 heterocycles. The van der Waals surface area contributed by atoms with Crippen LogP contribution < -0.4 is 10.0 Å². The molecule has 2 fully saturated rings. The molecule has 0 radical (unpaired) electrons. The molecule has 0 spiro atoms. The Labute approximate surface area is 104 Å². The fourth-order valence-electron chi connectivity index (χ4n) is 2.42. The van der Waals surface area contributed by atoms with Crippen LogP contribution in [0.4, 0.5) is 0 Å². The Morgan fingerprint density at radius 2 is 1.53 bits per heavy atom. The van der Waals surface area contributed by atoms with Gasteiger partial charge in [-0.2, -0.15) is 17.4 Å². The molecule has 0 unspecified atom stereocenters. The van der Waals surface area contributed by atoms with Crippen molar-refractivity contribution in [3.05, 3.63) is 0 Å². The first-order valence-electron chi connectivity index (χ1n) is 6.45. The minimum absolute atomic E-state index is 0.163. The Morgan fingerprint density at radius 3 is 2.00 bits per heavy atom. The molecule has 0 atom stereocenters. The highest BCUT2D eigenvalue weighted by molar-refractivity contribution is 7.87. The van der Waals surface area contributed by atoms with Crippen molar-refractivity contribution in [3.63, 3.8) is 0 Å². The molecule has 2 N–H and O–H groups in total. The van der Waals surface area contributed by atoms with E-state index in [0.717, 1.165) is 38.5 Å². The standard InChI is InChI=1S/C11H23N3O2S/c1-12-9-5-7-11(8-6-9)14(2)17(15,16)13-10-3-4-10/h9-13H,3-8H2,1-2H3. The molecule has 6 heteroatoms. The van der Waals surface area contributed by atoms with Crippen molar-refractivity contribution >= 4 is 10.2 Å². The molecule has 0 saturated heterocycles. The maximum Gasteiger partial charge on any atom is 0.279 e. The van der Waals surface area contributed by atoms with Crippen LogP contribution in [-0.4, -0.2) is 44.9 Å². The van der Waals surface area contributed by atoms with Gasteiger partial charge in [-0.1, -0.05) is 0 Å². The summed E-state index contributed by atoms with van der Waals surface area (Å²) in [4.78, 5) is 0. The molecule has 100 valence electrons. The summed E-state index contributed by atoms with van der Waals surface area (Å²) in [5.74, 6) is 0. The van der Waals surface area contributed by atoms with Crippen LogP contribution in [0, 0.1) is 0 Å². The Morgan fingerprint density at radius 1 is 1.00 bits per heavy atom. The van der Waals surface area contributed by atoms with Crippen molar-refractivity contribution < 1.29 is 8.42 Å². The Balaban J connectivity index is 1.88. The molecule has 0 aromatic heterocycles. The number of nitrogens with one attached hydrogen (secondary N) is 2. The van der Waals surface area contributed by atoms with Crippen molar-refractivity contribution in [1.82, 2.24) is 14.3 Å². The Bertz CT molecular complexity index is 346. The van der Waals surface area contributed by atoms with Crippen LogP contribution in [-0.2, 0) is 10.2 Å². The summed E-state index contributed by atoms with van der Waals surface area (Å²) in [6.07, 6.45) is 6.00. The second-order valence-corrected chi connectivity index (χ2v) is 6.97. The van der Waals surface area contributed by atoms with E-state index in [-0.39, 0.29) is 12.1 Å². The van der Waals surface area contributed by atoms with E-state index in [0.29, 0.717) is 6.04 Å². The lowest BCUT2D eigenvalue weighted by molar-refractivity contribution is 0.253. The molecule has 2 aliphatic rings. The van der Waals surface area contributed by atoms with E-state index >= 15 is 0 Å². The van der Waals surface area contributed by atoms with Crippen molar-refractivity contribution in [1.29, 1.82) is 0 Å². The van der Waals surface area contributed by atoms with Crippen LogP contribution in [0.3, 0.4) is 0 Å². The molecular weight excluding hydrogens is 238 g/mol. The summed E-state index contributed by atoms with van der Waals surface area (Å²) in [5.41, 5.74) is 0. The second-order valence-electron chi connectivity index (χ2n) is 5.21. The minimum Gasteiger partial charge on any atom is -0.317 e. The van der Waals surface area contributed by atoms with Gasteiger partial charge < -0.3 is 5.32 Å². The Hall–Kier alpha value is -0.170. The van der Waals surface area contributed by atoms with Gasteiger partial charge in [0.1, 0.15) is 0 Å². The average Bonchev–Trinajstić information content (AvgIpc) is 3.11. The second kappa shape index (κ2) is 5.22. The molecule has 2 rings (SSSR count). The lowest BCUT2D eigenvalue weighted by atomic mass is 9.91. The van der Waals surface area contributed by atoms with E-state index in [9.17, 15) is 8.42 Å². The van der Waals surface area contributed by atoms with Gasteiger partial charge in [0.2, 0.25) is 0 Å². The zero-order chi connectivity index (χ0) is 12.5. The van der Waals surface area contributed by atoms with Crippen molar-refractivity contribution in [2.45, 2.75) is 56.7 Å². The summed E-state index contributed by atoms with van der Waals surface area (Å²) in [6.45, 7) is 0. The molecule has 0 bridgehead atoms. The molecule has 2 aliphatic carbocycles. The number of hydrogen-bond donors (Lipinski definition) is 2. The molecule has 0 aromatic carbocycles. The van der Waals surface area contributed by atoms with Gasteiger partial charge in [-0.3, -0.25) is 0 Å². The summed E-state index contributed by atoms with van der Waals surface area (Å²) >= 11 is 0. The fraction of sp³-hybridized carbons (Fsp3) is 1.00. The van der Waals surface area contributed by atoms with Crippen LogP contribution in [0.1, 0.15) is 38.5 Å². The van der Waals surface area contributed by atoms with E-state index in [1.807, 2.05) is 7.05 Å². The first-order chi connectivity index (χ1) is 8.03. The highest BCUT2D eigenvalue weighted by Gasteiger charge is 2.34. The van der Waals surface area contributed by atoms with E-state index in [1.165, 1.54) is 4.31 Å². The zero-order valence-electron chi connectivity index (χ0n) is 10.6. The predicted octanol–water partition coefficient (Wildman–Crippen LogP) is 0.446. The van der Waals surface area contributed by atoms with Gasteiger partial charge in [0.25, 0.3) is 10.2 Å². The highest BCUT2D eigenvalue weighted by atomic mass is 32.2. The van der Waals surface area contributed by atoms with Gasteiger partial charge in [0.05, 0.1) is 0 Å². The largest absolute Gasteiger partial charge is 0.317 e. The van der Waals surface area contributed by atoms with Gasteiger partial charge in [-0.15, -0.1) is 0 Å². The van der Waals surface area contributed by atoms with E-state index < -0.39 is 10.2 Å². The summed E-state index contributed by atoms with van der Waals surface area (Å²) < 4.78 is 28.3. The lowest BCUT2D eigenvalue weighted by Crippen LogP contribution is -2.47. The summed E-state index contributed by atoms with van der Waals surface area (Å²) in [6, 6.07) is 0.908. The topological polar surface area (TPSA) is 61.4 Å². The van der Waals surface area contributed by atoms with Gasteiger partial charge >= 0.3 is 0 Å². The monoisotopic (exact) mass is 261 g/mol. The van der Waals surface area contributed by atoms with Crippen LogP contribution in [0.15, 0.2) is 0 Å². The highest BCUT2D eigenvalue weighted by Crippen LogP contribution is 2.25. The van der Waals surface area contributed by atoms with Crippen molar-refractivity contribution in [3.8, 4) is 0 Å². The first kappa shape index (κ1) is 13.3. The normalized spacial score (nSPS) is 30.8. The minimum atomic E-state index is -3.26. The third-order valence-electron chi connectivity index (χ3n) is 3.89. The van der Waals surface area contributed by atoms with Crippen LogP contribution in [0.25, 0.3) is 0 Å². The number of nitrogens with zero attached hydrogens (tertiary/aromatic N) is 1. The van der Waals surface area contributed by atoms with Crippen molar-refractivity contribution in [2.24, 2.45) is 0 Å². The number of hydrogen-bond acceptors (Lipinski definition) is 3. The lowest BCUT2D eigenvalue weighted by Gasteiger charge is -2.33. The van der Waals surface area contributed by atoms with Gasteiger partial charge in [0, 0.05) is 25.2 Å². The number of rotatable bonds is 5. The van der Waals surface area contributed by atoms with Crippen molar-refractivity contribution in [2.75, 3.05) is 14.1 Å². The van der Waals surface area contributed by atoms with Gasteiger partial charge in [-0.25, -0.2) is 0 Å². The maximum atomic E-state index is 12.0. The third-order valence-corrected chi connectivity index (χ3v) is 5.58. The van der Waals surface area contributed by atoms with Crippen LogP contribution in [0.2, 0.25) is 0 Å². The quantitative estimate of drug-likeness (QED) is 0.755. The summed E-state index contributed by atoms with van der Waals surface area (Å²) in [7, 11) is 0.418. The van der Waals surface area contributed by atoms with E-state index in [1.54, 1.807) is 7.05 Å². The molecule has 0 aliphatic heterocycles. The zero-order valence-corrected chi connectivity index (χ0v) is 11.5. The van der Waals surface area contributed by atoms with E-state index in [4.69, 9.17) is 0 Å². The maximum absolute atomic E-state index is 12.0.